The van der Waals surface area contributed by atoms with E-state index in [1.807, 2.05) is 0 Å². The van der Waals surface area contributed by atoms with Gasteiger partial charge >= 0.3 is 5.97 Å². The van der Waals surface area contributed by atoms with Gasteiger partial charge in [-0.3, -0.25) is 4.79 Å². The molecule has 0 saturated carbocycles. The largest absolute Gasteiger partial charge is 0.493 e. The summed E-state index contributed by atoms with van der Waals surface area (Å²) < 4.78 is 10.6. The monoisotopic (exact) mass is 269 g/mol. The second-order valence-electron chi connectivity index (χ2n) is 4.32. The number of carboxylic acids is 1. The van der Waals surface area contributed by atoms with Crippen molar-refractivity contribution in [3.05, 3.63) is 23.8 Å². The van der Waals surface area contributed by atoms with Gasteiger partial charge in [0.05, 0.1) is 13.7 Å². The lowest BCUT2D eigenvalue weighted by atomic mass is 10.1. The summed E-state index contributed by atoms with van der Waals surface area (Å²) >= 11 is 0. The zero-order valence-electron chi connectivity index (χ0n) is 11.3. The number of hydrogen-bond donors (Lipinski definition) is 3. The van der Waals surface area contributed by atoms with E-state index in [0.717, 1.165) is 0 Å². The third kappa shape index (κ3) is 3.59. The molecule has 0 aliphatic rings. The molecule has 1 rings (SSSR count). The number of aliphatic hydroxyl groups excluding tert-OH is 1. The molecular weight excluding hydrogens is 250 g/mol. The molecule has 1 aromatic rings. The highest BCUT2D eigenvalue weighted by Crippen LogP contribution is 2.28. The van der Waals surface area contributed by atoms with Crippen molar-refractivity contribution in [2.75, 3.05) is 20.8 Å². The second-order valence-corrected chi connectivity index (χ2v) is 4.32. The van der Waals surface area contributed by atoms with Gasteiger partial charge in [-0.05, 0) is 31.7 Å². The van der Waals surface area contributed by atoms with Gasteiger partial charge in [-0.15, -0.1) is 0 Å². The number of rotatable bonds is 7. The minimum absolute atomic E-state index is 0.0480. The summed E-state index contributed by atoms with van der Waals surface area (Å²) in [6.45, 7) is 1.39. The Balaban J connectivity index is 2.85. The molecule has 0 aliphatic heterocycles. The molecule has 0 aliphatic carbocycles. The summed E-state index contributed by atoms with van der Waals surface area (Å²) in [6, 6.07) is 4.98. The predicted octanol–water partition coefficient (Wildman–Crippen LogP) is 0.629. The normalized spacial score (nSPS) is 13.7. The van der Waals surface area contributed by atoms with Gasteiger partial charge in [-0.2, -0.15) is 0 Å². The predicted molar refractivity (Wildman–Crippen MR) is 69.5 cm³/mol. The third-order valence-corrected chi connectivity index (χ3v) is 2.95. The van der Waals surface area contributed by atoms with Crippen LogP contribution in [-0.2, 0) is 11.4 Å². The standard InChI is InChI=1S/C13H19NO5/c1-13(14-2,12(16)17)8-19-10-5-4-9(7-15)6-11(10)18-3/h4-6,14-15H,7-8H2,1-3H3,(H,16,17). The number of ether oxygens (including phenoxy) is 2. The quantitative estimate of drug-likeness (QED) is 0.673. The zero-order chi connectivity index (χ0) is 14.5. The number of nitrogens with one attached hydrogen (secondary N) is 1. The number of methoxy groups -OCH3 is 1. The number of carbonyl (C=O) groups is 1. The number of likely N-dealkylation sites (N-methyl/N-ethyl adjacent to an activating group) is 1. The SMILES string of the molecule is CNC(C)(COc1ccc(CO)cc1OC)C(=O)O. The van der Waals surface area contributed by atoms with Crippen LogP contribution in [0.3, 0.4) is 0 Å². The molecule has 6 nitrogen and oxygen atoms in total. The Morgan fingerprint density at radius 2 is 2.11 bits per heavy atom. The van der Waals surface area contributed by atoms with Crippen LogP contribution in [0.25, 0.3) is 0 Å². The number of carboxylic acid groups (broad SMARTS) is 1. The maximum atomic E-state index is 11.1. The first kappa shape index (κ1) is 15.3. The molecule has 0 bridgehead atoms. The first-order valence-electron chi connectivity index (χ1n) is 5.79. The minimum Gasteiger partial charge on any atom is -0.493 e. The molecule has 1 aromatic carbocycles. The van der Waals surface area contributed by atoms with Crippen LogP contribution >= 0.6 is 0 Å². The molecule has 0 spiro atoms. The molecule has 6 heteroatoms. The molecule has 0 saturated heterocycles. The lowest BCUT2D eigenvalue weighted by Gasteiger charge is -2.24. The Labute approximate surface area is 112 Å². The van der Waals surface area contributed by atoms with Crippen LogP contribution in [0.2, 0.25) is 0 Å². The van der Waals surface area contributed by atoms with E-state index in [1.165, 1.54) is 14.0 Å². The van der Waals surface area contributed by atoms with Crippen LogP contribution in [0.5, 0.6) is 11.5 Å². The molecule has 1 atom stereocenters. The van der Waals surface area contributed by atoms with Crippen LogP contribution < -0.4 is 14.8 Å². The second kappa shape index (κ2) is 6.40. The number of benzene rings is 1. The fourth-order valence-electron chi connectivity index (χ4n) is 1.39. The van der Waals surface area contributed by atoms with Crippen molar-refractivity contribution in [1.29, 1.82) is 0 Å². The van der Waals surface area contributed by atoms with Crippen molar-refractivity contribution in [2.24, 2.45) is 0 Å². The highest BCUT2D eigenvalue weighted by Gasteiger charge is 2.32. The molecule has 0 fully saturated rings. The fraction of sp³-hybridized carbons (Fsp3) is 0.462. The Kier molecular flexibility index (Phi) is 5.14. The Bertz CT molecular complexity index is 449. The van der Waals surface area contributed by atoms with Gasteiger partial charge in [0.2, 0.25) is 0 Å². The lowest BCUT2D eigenvalue weighted by Crippen LogP contribution is -2.52. The maximum absolute atomic E-state index is 11.1. The molecule has 0 amide bonds. The highest BCUT2D eigenvalue weighted by atomic mass is 16.5. The molecule has 3 N–H and O–H groups in total. The van der Waals surface area contributed by atoms with E-state index in [4.69, 9.17) is 19.7 Å². The molecule has 0 heterocycles. The number of aliphatic carboxylic acids is 1. The third-order valence-electron chi connectivity index (χ3n) is 2.95. The van der Waals surface area contributed by atoms with E-state index < -0.39 is 11.5 Å². The fourth-order valence-corrected chi connectivity index (χ4v) is 1.39. The van der Waals surface area contributed by atoms with Crippen LogP contribution in [0.15, 0.2) is 18.2 Å². The average molecular weight is 269 g/mol. The van der Waals surface area contributed by atoms with Crippen molar-refractivity contribution >= 4 is 5.97 Å². The van der Waals surface area contributed by atoms with E-state index >= 15 is 0 Å². The van der Waals surface area contributed by atoms with Crippen molar-refractivity contribution in [3.63, 3.8) is 0 Å². The lowest BCUT2D eigenvalue weighted by molar-refractivity contribution is -0.145. The van der Waals surface area contributed by atoms with E-state index in [9.17, 15) is 4.79 Å². The molecule has 0 aromatic heterocycles. The molecule has 19 heavy (non-hydrogen) atoms. The molecule has 0 radical (unpaired) electrons. The van der Waals surface area contributed by atoms with E-state index in [1.54, 1.807) is 25.2 Å². The van der Waals surface area contributed by atoms with Crippen molar-refractivity contribution in [2.45, 2.75) is 19.1 Å². The van der Waals surface area contributed by atoms with Crippen LogP contribution in [0, 0.1) is 0 Å². The molecule has 1 unspecified atom stereocenters. The Morgan fingerprint density at radius 1 is 1.42 bits per heavy atom. The van der Waals surface area contributed by atoms with E-state index in [0.29, 0.717) is 17.1 Å². The zero-order valence-corrected chi connectivity index (χ0v) is 11.3. The minimum atomic E-state index is -1.18. The van der Waals surface area contributed by atoms with Gasteiger partial charge in [0.1, 0.15) is 12.1 Å². The summed E-state index contributed by atoms with van der Waals surface area (Å²) in [5.74, 6) is -0.112. The highest BCUT2D eigenvalue weighted by molar-refractivity contribution is 5.78. The van der Waals surface area contributed by atoms with Crippen LogP contribution in [0.1, 0.15) is 12.5 Å². The average Bonchev–Trinajstić information content (AvgIpc) is 2.44. The summed E-state index contributed by atoms with van der Waals surface area (Å²) in [6.07, 6.45) is 0. The van der Waals surface area contributed by atoms with E-state index in [2.05, 4.69) is 5.32 Å². The van der Waals surface area contributed by atoms with Gasteiger partial charge in [-0.1, -0.05) is 6.07 Å². The van der Waals surface area contributed by atoms with Crippen LogP contribution in [0.4, 0.5) is 0 Å². The maximum Gasteiger partial charge on any atom is 0.327 e. The Hall–Kier alpha value is -1.79. The van der Waals surface area contributed by atoms with Gasteiger partial charge in [0.15, 0.2) is 11.5 Å². The van der Waals surface area contributed by atoms with Gasteiger partial charge in [0.25, 0.3) is 0 Å². The van der Waals surface area contributed by atoms with Gasteiger partial charge in [0, 0.05) is 0 Å². The first-order chi connectivity index (χ1) is 8.96. The summed E-state index contributed by atoms with van der Waals surface area (Å²) in [7, 11) is 3.04. The van der Waals surface area contributed by atoms with E-state index in [-0.39, 0.29) is 13.2 Å². The number of aliphatic hydroxyl groups is 1. The van der Waals surface area contributed by atoms with Crippen molar-refractivity contribution in [3.8, 4) is 11.5 Å². The molecule has 106 valence electrons. The van der Waals surface area contributed by atoms with Crippen molar-refractivity contribution in [1.82, 2.24) is 5.32 Å². The molecular formula is C13H19NO5. The first-order valence-corrected chi connectivity index (χ1v) is 5.79. The summed E-state index contributed by atoms with van der Waals surface area (Å²) in [5, 5.41) is 20.8. The van der Waals surface area contributed by atoms with Crippen molar-refractivity contribution < 1.29 is 24.5 Å². The van der Waals surface area contributed by atoms with Gasteiger partial charge < -0.3 is 25.0 Å². The number of hydrogen-bond acceptors (Lipinski definition) is 5. The Morgan fingerprint density at radius 3 is 2.58 bits per heavy atom. The van der Waals surface area contributed by atoms with Crippen LogP contribution in [-0.4, -0.2) is 42.5 Å². The summed E-state index contributed by atoms with van der Waals surface area (Å²) in [5.41, 5.74) is -0.487. The smallest absolute Gasteiger partial charge is 0.327 e. The topological polar surface area (TPSA) is 88.0 Å². The van der Waals surface area contributed by atoms with Gasteiger partial charge in [-0.25, -0.2) is 0 Å². The summed E-state index contributed by atoms with van der Waals surface area (Å²) in [4.78, 5) is 11.1.